The summed E-state index contributed by atoms with van der Waals surface area (Å²) in [6.45, 7) is 1.65. The van der Waals surface area contributed by atoms with Gasteiger partial charge in [-0.25, -0.2) is 8.78 Å². The molecule has 0 fully saturated rings. The van der Waals surface area contributed by atoms with Crippen LogP contribution in [-0.2, 0) is 6.42 Å². The fraction of sp³-hybridized carbons (Fsp3) is 0.125. The Bertz CT molecular complexity index is 1300. The van der Waals surface area contributed by atoms with Crippen molar-refractivity contribution in [2.24, 2.45) is 0 Å². The highest BCUT2D eigenvalue weighted by molar-refractivity contribution is 6.05. The van der Waals surface area contributed by atoms with E-state index in [2.05, 4.69) is 10.4 Å². The van der Waals surface area contributed by atoms with Crippen LogP contribution in [0.1, 0.15) is 23.0 Å². The Hall–Kier alpha value is -3.87. The fourth-order valence-corrected chi connectivity index (χ4v) is 3.48. The first-order valence-corrected chi connectivity index (χ1v) is 9.77. The van der Waals surface area contributed by atoms with Crippen LogP contribution in [0.15, 0.2) is 77.6 Å². The fourth-order valence-electron chi connectivity index (χ4n) is 3.48. The molecular formula is C24H19F2N3O2. The Balaban J connectivity index is 1.71. The number of fused-ring (bicyclic) bond motifs is 1. The zero-order chi connectivity index (χ0) is 22.0. The van der Waals surface area contributed by atoms with Gasteiger partial charge in [-0.3, -0.25) is 9.59 Å². The summed E-state index contributed by atoms with van der Waals surface area (Å²) in [6.07, 6.45) is -0.0273. The summed E-state index contributed by atoms with van der Waals surface area (Å²) in [4.78, 5) is 26.0. The molecule has 156 valence electrons. The minimum absolute atomic E-state index is 0.0273. The van der Waals surface area contributed by atoms with Crippen LogP contribution in [0.25, 0.3) is 16.5 Å². The highest BCUT2D eigenvalue weighted by Gasteiger charge is 2.20. The van der Waals surface area contributed by atoms with Crippen LogP contribution in [-0.4, -0.2) is 21.7 Å². The van der Waals surface area contributed by atoms with Crippen molar-refractivity contribution >= 4 is 16.7 Å². The summed E-state index contributed by atoms with van der Waals surface area (Å²) in [7, 11) is 0. The molecule has 0 radical (unpaired) electrons. The Morgan fingerprint density at radius 1 is 0.935 bits per heavy atom. The number of hydrogen-bond donors (Lipinski definition) is 1. The molecule has 0 aliphatic heterocycles. The van der Waals surface area contributed by atoms with Crippen molar-refractivity contribution in [1.82, 2.24) is 15.1 Å². The first-order chi connectivity index (χ1) is 15.0. The lowest BCUT2D eigenvalue weighted by Gasteiger charge is -2.16. The molecule has 7 heteroatoms. The van der Waals surface area contributed by atoms with E-state index in [9.17, 15) is 18.4 Å². The molecule has 1 N–H and O–H groups in total. The average molecular weight is 419 g/mol. The van der Waals surface area contributed by atoms with E-state index in [-0.39, 0.29) is 23.2 Å². The highest BCUT2D eigenvalue weighted by Crippen LogP contribution is 2.17. The Kier molecular flexibility index (Phi) is 5.58. The number of hydrogen-bond acceptors (Lipinski definition) is 3. The van der Waals surface area contributed by atoms with Gasteiger partial charge in [0.2, 0.25) is 0 Å². The van der Waals surface area contributed by atoms with E-state index in [0.29, 0.717) is 16.5 Å². The van der Waals surface area contributed by atoms with Gasteiger partial charge in [-0.2, -0.15) is 9.78 Å². The Labute approximate surface area is 177 Å². The van der Waals surface area contributed by atoms with Crippen LogP contribution in [0.3, 0.4) is 0 Å². The van der Waals surface area contributed by atoms with Gasteiger partial charge in [-0.05, 0) is 43.7 Å². The first kappa shape index (κ1) is 20.4. The number of carbonyl (C=O) groups is 1. The van der Waals surface area contributed by atoms with E-state index in [4.69, 9.17) is 0 Å². The second kappa shape index (κ2) is 8.47. The van der Waals surface area contributed by atoms with Crippen molar-refractivity contribution in [3.8, 4) is 5.69 Å². The lowest BCUT2D eigenvalue weighted by Crippen LogP contribution is -2.36. The van der Waals surface area contributed by atoms with Crippen LogP contribution in [0.2, 0.25) is 0 Å². The molecule has 1 aromatic heterocycles. The molecule has 1 heterocycles. The SMILES string of the molecule is CC(Cc1c(F)cccc1F)NC(=O)c1nn(-c2ccccc2)c(=O)c2ccccc12. The monoisotopic (exact) mass is 419 g/mol. The molecule has 3 aromatic carbocycles. The Morgan fingerprint density at radius 3 is 2.23 bits per heavy atom. The largest absolute Gasteiger partial charge is 0.348 e. The van der Waals surface area contributed by atoms with E-state index >= 15 is 0 Å². The van der Waals surface area contributed by atoms with E-state index in [1.807, 2.05) is 6.07 Å². The van der Waals surface area contributed by atoms with Gasteiger partial charge in [0.05, 0.1) is 11.1 Å². The molecule has 1 amide bonds. The number of benzene rings is 3. The third-order valence-corrected chi connectivity index (χ3v) is 4.97. The van der Waals surface area contributed by atoms with Crippen LogP contribution in [0, 0.1) is 11.6 Å². The number of halogens is 2. The van der Waals surface area contributed by atoms with Gasteiger partial charge in [-0.1, -0.05) is 42.5 Å². The molecule has 0 bridgehead atoms. The van der Waals surface area contributed by atoms with Crippen molar-refractivity contribution in [1.29, 1.82) is 0 Å². The van der Waals surface area contributed by atoms with Crippen LogP contribution in [0.4, 0.5) is 8.78 Å². The summed E-state index contributed by atoms with van der Waals surface area (Å²) in [5.74, 6) is -1.87. The number of nitrogens with one attached hydrogen (secondary N) is 1. The number of para-hydroxylation sites is 1. The van der Waals surface area contributed by atoms with Gasteiger partial charge in [0.15, 0.2) is 5.69 Å². The van der Waals surface area contributed by atoms with Crippen molar-refractivity contribution in [2.45, 2.75) is 19.4 Å². The zero-order valence-electron chi connectivity index (χ0n) is 16.7. The van der Waals surface area contributed by atoms with Gasteiger partial charge < -0.3 is 5.32 Å². The third-order valence-electron chi connectivity index (χ3n) is 4.97. The van der Waals surface area contributed by atoms with Gasteiger partial charge in [-0.15, -0.1) is 0 Å². The molecule has 1 unspecified atom stereocenters. The summed E-state index contributed by atoms with van der Waals surface area (Å²) >= 11 is 0. The topological polar surface area (TPSA) is 64.0 Å². The molecule has 0 saturated heterocycles. The maximum Gasteiger partial charge on any atom is 0.279 e. The molecule has 4 aromatic rings. The normalized spacial score (nSPS) is 12.0. The van der Waals surface area contributed by atoms with E-state index < -0.39 is 23.6 Å². The Morgan fingerprint density at radius 2 is 1.55 bits per heavy atom. The molecule has 0 saturated carbocycles. The molecule has 1 atom stereocenters. The van der Waals surface area contributed by atoms with Crippen molar-refractivity contribution < 1.29 is 13.6 Å². The average Bonchev–Trinajstić information content (AvgIpc) is 2.77. The number of amides is 1. The van der Waals surface area contributed by atoms with Crippen molar-refractivity contribution in [3.63, 3.8) is 0 Å². The quantitative estimate of drug-likeness (QED) is 0.531. The predicted octanol–water partition coefficient (Wildman–Crippen LogP) is 4.02. The molecule has 4 rings (SSSR count). The lowest BCUT2D eigenvalue weighted by atomic mass is 10.1. The van der Waals surface area contributed by atoms with Gasteiger partial charge >= 0.3 is 0 Å². The molecule has 0 aliphatic rings. The maximum absolute atomic E-state index is 14.0. The van der Waals surface area contributed by atoms with E-state index in [0.717, 1.165) is 0 Å². The molecule has 0 spiro atoms. The van der Waals surface area contributed by atoms with Gasteiger partial charge in [0, 0.05) is 17.0 Å². The number of aromatic nitrogens is 2. The minimum atomic E-state index is -0.665. The number of nitrogens with zero attached hydrogens (tertiary/aromatic N) is 2. The van der Waals surface area contributed by atoms with Crippen LogP contribution < -0.4 is 10.9 Å². The second-order valence-corrected chi connectivity index (χ2v) is 7.23. The van der Waals surface area contributed by atoms with Crippen molar-refractivity contribution in [3.05, 3.63) is 106 Å². The second-order valence-electron chi connectivity index (χ2n) is 7.23. The molecule has 5 nitrogen and oxygen atoms in total. The summed E-state index contributed by atoms with van der Waals surface area (Å²) < 4.78 is 29.1. The zero-order valence-corrected chi connectivity index (χ0v) is 16.7. The van der Waals surface area contributed by atoms with Gasteiger partial charge in [0.25, 0.3) is 11.5 Å². The van der Waals surface area contributed by atoms with E-state index in [1.165, 1.54) is 22.9 Å². The maximum atomic E-state index is 14.0. The summed E-state index contributed by atoms with van der Waals surface area (Å²) in [5, 5.41) is 7.80. The molecule has 31 heavy (non-hydrogen) atoms. The standard InChI is InChI=1S/C24H19F2N3O2/c1-15(14-19-20(25)12-7-13-21(19)26)27-23(30)22-17-10-5-6-11-18(17)24(31)29(28-22)16-8-3-2-4-9-16/h2-13,15H,14H2,1H3,(H,27,30). The summed E-state index contributed by atoms with van der Waals surface area (Å²) in [6, 6.07) is 18.6. The molecule has 0 aliphatic carbocycles. The van der Waals surface area contributed by atoms with Gasteiger partial charge in [0.1, 0.15) is 11.6 Å². The van der Waals surface area contributed by atoms with Crippen molar-refractivity contribution in [2.75, 3.05) is 0 Å². The van der Waals surface area contributed by atoms with Crippen LogP contribution >= 0.6 is 0 Å². The number of rotatable bonds is 5. The third kappa shape index (κ3) is 4.07. The first-order valence-electron chi connectivity index (χ1n) is 9.77. The molecular weight excluding hydrogens is 400 g/mol. The van der Waals surface area contributed by atoms with E-state index in [1.54, 1.807) is 55.5 Å². The summed E-state index contributed by atoms with van der Waals surface area (Å²) in [5.41, 5.74) is 0.135. The lowest BCUT2D eigenvalue weighted by molar-refractivity contribution is 0.0935. The minimum Gasteiger partial charge on any atom is -0.348 e. The smallest absolute Gasteiger partial charge is 0.279 e. The number of carbonyl (C=O) groups excluding carboxylic acids is 1. The highest BCUT2D eigenvalue weighted by atomic mass is 19.1. The van der Waals surface area contributed by atoms with Crippen LogP contribution in [0.5, 0.6) is 0 Å². The predicted molar refractivity (Wildman–Crippen MR) is 114 cm³/mol.